The molecule has 2 heterocycles. The minimum Gasteiger partial charge on any atom is -0.461 e. The van der Waals surface area contributed by atoms with Crippen molar-refractivity contribution in [3.63, 3.8) is 0 Å². The minimum atomic E-state index is -0.216. The van der Waals surface area contributed by atoms with Gasteiger partial charge in [-0.15, -0.1) is 0 Å². The molecule has 2 N–H and O–H groups in total. The van der Waals surface area contributed by atoms with Gasteiger partial charge in [-0.25, -0.2) is 0 Å². The molecule has 206 valence electrons. The number of H-pyrrole nitrogens is 1. The Balaban J connectivity index is 1.08. The van der Waals surface area contributed by atoms with Gasteiger partial charge in [-0.05, 0) is 47.9 Å². The van der Waals surface area contributed by atoms with Crippen molar-refractivity contribution in [3.05, 3.63) is 107 Å². The molecule has 0 saturated carbocycles. The second kappa shape index (κ2) is 13.2. The lowest BCUT2D eigenvalue weighted by atomic mass is 10.1. The quantitative estimate of drug-likeness (QED) is 0.284. The summed E-state index contributed by atoms with van der Waals surface area (Å²) < 4.78 is 5.36. The summed E-state index contributed by atoms with van der Waals surface area (Å²) in [5.41, 5.74) is 5.56. The molecule has 0 radical (unpaired) electrons. The molecular weight excluding hydrogens is 502 g/mol. The van der Waals surface area contributed by atoms with Gasteiger partial charge in [-0.2, -0.15) is 5.10 Å². The molecule has 0 unspecified atom stereocenters. The van der Waals surface area contributed by atoms with Gasteiger partial charge in [0.25, 0.3) is 5.91 Å². The standard InChI is InChI=1S/C32H35N5O3/c1-36-17-19-37(20-18-36)22-25-9-14-28(15-10-25)32(39)33-30-21-29(34-35-30)27-12-7-24(8-13-27)11-16-31(38)40-23-26-5-3-2-4-6-26/h2-10,12-15,21H,11,16-20,22-23H2,1H3,(H2,33,34,35,39). The number of ether oxygens (including phenoxy) is 1. The average molecular weight is 538 g/mol. The summed E-state index contributed by atoms with van der Waals surface area (Å²) in [4.78, 5) is 29.7. The molecule has 0 spiro atoms. The number of carbonyl (C=O) groups excluding carboxylic acids is 2. The zero-order valence-corrected chi connectivity index (χ0v) is 22.8. The molecule has 8 heteroatoms. The number of benzene rings is 3. The third kappa shape index (κ3) is 7.65. The molecule has 1 aromatic heterocycles. The van der Waals surface area contributed by atoms with Crippen LogP contribution in [0.1, 0.15) is 33.5 Å². The topological polar surface area (TPSA) is 90.6 Å². The second-order valence-electron chi connectivity index (χ2n) is 10.2. The number of rotatable bonds is 10. The molecule has 1 fully saturated rings. The van der Waals surface area contributed by atoms with Crippen molar-refractivity contribution in [1.29, 1.82) is 0 Å². The highest BCUT2D eigenvalue weighted by Gasteiger charge is 2.15. The van der Waals surface area contributed by atoms with Crippen molar-refractivity contribution < 1.29 is 14.3 Å². The smallest absolute Gasteiger partial charge is 0.306 e. The number of aryl methyl sites for hydroxylation is 1. The molecule has 0 aliphatic carbocycles. The summed E-state index contributed by atoms with van der Waals surface area (Å²) in [6.07, 6.45) is 0.926. The van der Waals surface area contributed by atoms with E-state index in [-0.39, 0.29) is 11.9 Å². The van der Waals surface area contributed by atoms with E-state index in [1.54, 1.807) is 0 Å². The second-order valence-corrected chi connectivity index (χ2v) is 10.2. The first-order valence-electron chi connectivity index (χ1n) is 13.7. The van der Waals surface area contributed by atoms with Gasteiger partial charge < -0.3 is 15.0 Å². The number of carbonyl (C=O) groups is 2. The molecule has 1 aliphatic rings. The predicted octanol–water partition coefficient (Wildman–Crippen LogP) is 4.75. The zero-order valence-electron chi connectivity index (χ0n) is 22.8. The lowest BCUT2D eigenvalue weighted by molar-refractivity contribution is -0.144. The molecule has 3 aromatic carbocycles. The Labute approximate surface area is 235 Å². The average Bonchev–Trinajstić information content (AvgIpc) is 3.46. The van der Waals surface area contributed by atoms with Crippen LogP contribution in [0.25, 0.3) is 11.3 Å². The number of piperazine rings is 1. The fourth-order valence-electron chi connectivity index (χ4n) is 4.66. The lowest BCUT2D eigenvalue weighted by Gasteiger charge is -2.32. The fraction of sp³-hybridized carbons (Fsp3) is 0.281. The summed E-state index contributed by atoms with van der Waals surface area (Å²) in [7, 11) is 2.15. The van der Waals surface area contributed by atoms with E-state index < -0.39 is 0 Å². The van der Waals surface area contributed by atoms with Gasteiger partial charge in [0.05, 0.1) is 5.69 Å². The highest BCUT2D eigenvalue weighted by atomic mass is 16.5. The molecular formula is C32H35N5O3. The van der Waals surface area contributed by atoms with Gasteiger partial charge >= 0.3 is 5.97 Å². The van der Waals surface area contributed by atoms with Gasteiger partial charge in [0.1, 0.15) is 6.61 Å². The fourth-order valence-corrected chi connectivity index (χ4v) is 4.66. The number of hydrogen-bond donors (Lipinski definition) is 2. The highest BCUT2D eigenvalue weighted by Crippen LogP contribution is 2.21. The van der Waals surface area contributed by atoms with Crippen LogP contribution in [0, 0.1) is 0 Å². The molecule has 40 heavy (non-hydrogen) atoms. The van der Waals surface area contributed by atoms with E-state index in [9.17, 15) is 9.59 Å². The first-order valence-corrected chi connectivity index (χ1v) is 13.7. The van der Waals surface area contributed by atoms with Crippen molar-refractivity contribution in [3.8, 4) is 11.3 Å². The van der Waals surface area contributed by atoms with Crippen LogP contribution in [0.4, 0.5) is 5.82 Å². The van der Waals surface area contributed by atoms with E-state index in [1.165, 1.54) is 5.56 Å². The number of aromatic nitrogens is 2. The van der Waals surface area contributed by atoms with E-state index in [4.69, 9.17) is 4.74 Å². The summed E-state index contributed by atoms with van der Waals surface area (Å²) in [5.74, 6) is 0.0528. The van der Waals surface area contributed by atoms with E-state index in [2.05, 4.69) is 32.4 Å². The zero-order chi connectivity index (χ0) is 27.7. The van der Waals surface area contributed by atoms with Crippen LogP contribution in [-0.2, 0) is 29.1 Å². The third-order valence-electron chi connectivity index (χ3n) is 7.16. The molecule has 1 aliphatic heterocycles. The van der Waals surface area contributed by atoms with Gasteiger partial charge in [-0.1, -0.05) is 66.7 Å². The van der Waals surface area contributed by atoms with Crippen molar-refractivity contribution in [1.82, 2.24) is 20.0 Å². The Morgan fingerprint density at radius 3 is 2.30 bits per heavy atom. The van der Waals surface area contributed by atoms with E-state index in [0.717, 1.165) is 55.1 Å². The van der Waals surface area contributed by atoms with Crippen LogP contribution in [0.5, 0.6) is 0 Å². The largest absolute Gasteiger partial charge is 0.461 e. The van der Waals surface area contributed by atoms with Gasteiger partial charge in [0, 0.05) is 50.8 Å². The number of anilines is 1. The molecule has 0 atom stereocenters. The number of aromatic amines is 1. The van der Waals surface area contributed by atoms with Crippen molar-refractivity contribution in [2.24, 2.45) is 0 Å². The maximum absolute atomic E-state index is 12.8. The number of esters is 1. The number of hydrogen-bond acceptors (Lipinski definition) is 6. The highest BCUT2D eigenvalue weighted by molar-refractivity contribution is 6.04. The molecule has 8 nitrogen and oxygen atoms in total. The number of likely N-dealkylation sites (N-methyl/N-ethyl adjacent to an activating group) is 1. The SMILES string of the molecule is CN1CCN(Cc2ccc(C(=O)Nc3cc(-c4ccc(CCC(=O)OCc5ccccc5)cc4)[nH]n3)cc2)CC1. The molecule has 1 saturated heterocycles. The van der Waals surface area contributed by atoms with Crippen LogP contribution in [0.15, 0.2) is 84.9 Å². The van der Waals surface area contributed by atoms with Crippen LogP contribution in [0.3, 0.4) is 0 Å². The maximum atomic E-state index is 12.8. The first kappa shape index (κ1) is 27.3. The summed E-state index contributed by atoms with van der Waals surface area (Å²) >= 11 is 0. The normalized spacial score (nSPS) is 14.1. The Hall–Kier alpha value is -4.27. The summed E-state index contributed by atoms with van der Waals surface area (Å²) in [6.45, 7) is 5.49. The number of nitrogens with zero attached hydrogens (tertiary/aromatic N) is 3. The number of nitrogens with one attached hydrogen (secondary N) is 2. The minimum absolute atomic E-state index is 0.196. The summed E-state index contributed by atoms with van der Waals surface area (Å²) in [6, 6.07) is 27.2. The molecule has 4 aromatic rings. The number of amides is 1. The summed E-state index contributed by atoms with van der Waals surface area (Å²) in [5, 5.41) is 10.1. The van der Waals surface area contributed by atoms with Crippen LogP contribution in [-0.4, -0.2) is 65.1 Å². The van der Waals surface area contributed by atoms with Gasteiger partial charge in [0.2, 0.25) is 0 Å². The van der Waals surface area contributed by atoms with Crippen molar-refractivity contribution >= 4 is 17.7 Å². The van der Waals surface area contributed by atoms with Crippen LogP contribution >= 0.6 is 0 Å². The maximum Gasteiger partial charge on any atom is 0.306 e. The van der Waals surface area contributed by atoms with Crippen molar-refractivity contribution in [2.45, 2.75) is 26.0 Å². The predicted molar refractivity (Wildman–Crippen MR) is 156 cm³/mol. The van der Waals surface area contributed by atoms with Gasteiger partial charge in [-0.3, -0.25) is 19.6 Å². The van der Waals surface area contributed by atoms with E-state index in [1.807, 2.05) is 84.9 Å². The van der Waals surface area contributed by atoms with Gasteiger partial charge in [0.15, 0.2) is 5.82 Å². The van der Waals surface area contributed by atoms with Crippen LogP contribution in [0.2, 0.25) is 0 Å². The van der Waals surface area contributed by atoms with E-state index in [0.29, 0.717) is 30.8 Å². The molecule has 1 amide bonds. The molecule has 5 rings (SSSR count). The van der Waals surface area contributed by atoms with Crippen molar-refractivity contribution in [2.75, 3.05) is 38.5 Å². The molecule has 0 bridgehead atoms. The Bertz CT molecular complexity index is 1390. The Morgan fingerprint density at radius 1 is 0.875 bits per heavy atom. The Kier molecular flexibility index (Phi) is 9.00. The Morgan fingerprint density at radius 2 is 1.57 bits per heavy atom. The monoisotopic (exact) mass is 537 g/mol. The lowest BCUT2D eigenvalue weighted by Crippen LogP contribution is -2.43. The van der Waals surface area contributed by atoms with Crippen LogP contribution < -0.4 is 5.32 Å². The van der Waals surface area contributed by atoms with E-state index >= 15 is 0 Å². The third-order valence-corrected chi connectivity index (χ3v) is 7.16. The first-order chi connectivity index (χ1) is 19.5.